The van der Waals surface area contributed by atoms with Crippen molar-refractivity contribution in [3.8, 4) is 0 Å². The second-order valence-corrected chi connectivity index (χ2v) is 29.9. The summed E-state index contributed by atoms with van der Waals surface area (Å²) >= 11 is 12.5. The minimum Gasteiger partial charge on any atom is -0.350 e. The zero-order chi connectivity index (χ0) is 74.8. The van der Waals surface area contributed by atoms with E-state index < -0.39 is 0 Å². The number of fused-ring (bicyclic) bond motifs is 8. The van der Waals surface area contributed by atoms with Gasteiger partial charge in [-0.15, -0.1) is 45.3 Å². The first kappa shape index (κ1) is 70.5. The van der Waals surface area contributed by atoms with Crippen molar-refractivity contribution in [3.05, 3.63) is 285 Å². The number of aromatic nitrogens is 16. The summed E-state index contributed by atoms with van der Waals surface area (Å²) in [6.45, 7) is 6.86. The molecule has 546 valence electrons. The van der Waals surface area contributed by atoms with Crippen LogP contribution in [0.15, 0.2) is 246 Å². The van der Waals surface area contributed by atoms with Gasteiger partial charge in [0.15, 0.2) is 23.3 Å². The third kappa shape index (κ3) is 16.9. The Balaban J connectivity index is 0.000000108. The minimum absolute atomic E-state index is 0.577. The maximum Gasteiger partial charge on any atom is 0.225 e. The topological polar surface area (TPSA) is 314 Å². The second-order valence-electron chi connectivity index (χ2n) is 25.8. The molecule has 0 saturated carbocycles. The van der Waals surface area contributed by atoms with Crippen molar-refractivity contribution in [1.82, 2.24) is 80.7 Å². The van der Waals surface area contributed by atoms with E-state index in [-0.39, 0.29) is 0 Å². The molecule has 8 aromatic carbocycles. The average molecular weight is 1550 g/mol. The summed E-state index contributed by atoms with van der Waals surface area (Å²) in [5.41, 5.74) is 18.8. The summed E-state index contributed by atoms with van der Waals surface area (Å²) < 4.78 is 4.12. The number of hydrogen-bond donors (Lipinski definition) is 12. The van der Waals surface area contributed by atoms with E-state index in [1.807, 2.05) is 174 Å². The van der Waals surface area contributed by atoms with Crippen LogP contribution in [0, 0.1) is 13.8 Å². The van der Waals surface area contributed by atoms with Gasteiger partial charge >= 0.3 is 0 Å². The molecule has 0 aliphatic heterocycles. The number of thiophene rings is 4. The molecule has 0 fully saturated rings. The van der Waals surface area contributed by atoms with Gasteiger partial charge in [0.2, 0.25) is 23.8 Å². The molecule has 20 aromatic rings. The SMILES string of the molecule is Cc1cccc(CNc2nc(Nc3ccc4[nH]ncc4c3)c3sccc3n2)c1.Cc1ccccc1CNc1nc(Nc2ccc3[nH]ncc3c2)c2sccc2n1.Clc1ccc(CNc2nc(Nc3ccc4[nH]ncc4c3)c3sccc3n2)cc1.c1ccc(CNc2nc(Nc3ccc4[nH]ncc4c3)c3sccc3n2)cc1. The molecule has 0 aliphatic carbocycles. The average Bonchev–Trinajstić information content (AvgIpc) is 1.74. The van der Waals surface area contributed by atoms with Gasteiger partial charge in [-0.25, -0.2) is 19.9 Å². The van der Waals surface area contributed by atoms with Gasteiger partial charge in [-0.1, -0.05) is 108 Å². The molecule has 0 bridgehead atoms. The van der Waals surface area contributed by atoms with Gasteiger partial charge in [0.05, 0.1) is 87.7 Å². The molecule has 0 amide bonds. The molecule has 0 spiro atoms. The molecule has 12 N–H and O–H groups in total. The van der Waals surface area contributed by atoms with E-state index in [0.29, 0.717) is 50.0 Å². The van der Waals surface area contributed by atoms with Gasteiger partial charge < -0.3 is 42.5 Å². The number of nitrogens with zero attached hydrogens (tertiary/aromatic N) is 12. The number of nitrogens with one attached hydrogen (secondary N) is 12. The summed E-state index contributed by atoms with van der Waals surface area (Å²) in [5, 5.41) is 68.3. The second kappa shape index (κ2) is 32.5. The lowest BCUT2D eigenvalue weighted by Crippen LogP contribution is -2.06. The molecule has 12 heterocycles. The molecule has 0 unspecified atom stereocenters. The van der Waals surface area contributed by atoms with E-state index in [4.69, 9.17) is 31.5 Å². The fraction of sp³-hybridized carbons (Fsp3) is 0.0732. The van der Waals surface area contributed by atoms with Gasteiger partial charge in [-0.3, -0.25) is 20.4 Å². The van der Waals surface area contributed by atoms with Crippen LogP contribution in [-0.2, 0) is 26.2 Å². The van der Waals surface area contributed by atoms with E-state index in [2.05, 4.69) is 184 Å². The Labute approximate surface area is 654 Å². The van der Waals surface area contributed by atoms with Gasteiger partial charge in [0.25, 0.3) is 0 Å². The number of rotatable bonds is 20. The molecule has 0 saturated heterocycles. The van der Waals surface area contributed by atoms with Crippen LogP contribution in [0.5, 0.6) is 0 Å². The highest BCUT2D eigenvalue weighted by Gasteiger charge is 2.16. The zero-order valence-corrected chi connectivity index (χ0v) is 63.4. The highest BCUT2D eigenvalue weighted by Crippen LogP contribution is 2.36. The maximum absolute atomic E-state index is 5.95. The zero-order valence-electron chi connectivity index (χ0n) is 59.4. The molecule has 29 heteroatoms. The van der Waals surface area contributed by atoms with Crippen molar-refractivity contribution in [2.45, 2.75) is 40.0 Å². The third-order valence-corrected chi connectivity index (χ3v) is 21.8. The number of aromatic amines is 4. The van der Waals surface area contributed by atoms with E-state index in [9.17, 15) is 0 Å². The van der Waals surface area contributed by atoms with Crippen LogP contribution in [0.1, 0.15) is 33.4 Å². The van der Waals surface area contributed by atoms with Crippen molar-refractivity contribution in [3.63, 3.8) is 0 Å². The van der Waals surface area contributed by atoms with Crippen molar-refractivity contribution in [2.75, 3.05) is 42.5 Å². The van der Waals surface area contributed by atoms with Crippen molar-refractivity contribution < 1.29 is 0 Å². The molecule has 0 atom stereocenters. The number of hydrogen-bond acceptors (Lipinski definition) is 24. The van der Waals surface area contributed by atoms with E-state index >= 15 is 0 Å². The molecule has 0 radical (unpaired) electrons. The first-order valence-corrected chi connectivity index (χ1v) is 39.2. The Hall–Kier alpha value is -13.5. The molecular formula is C82H67ClN24S4. The van der Waals surface area contributed by atoms with E-state index in [0.717, 1.165) is 141 Å². The van der Waals surface area contributed by atoms with Gasteiger partial charge in [-0.2, -0.15) is 40.3 Å². The van der Waals surface area contributed by atoms with Crippen LogP contribution < -0.4 is 42.5 Å². The minimum atomic E-state index is 0.577. The fourth-order valence-corrected chi connectivity index (χ4v) is 15.5. The quantitative estimate of drug-likeness (QED) is 0.0337. The first-order chi connectivity index (χ1) is 54.6. The lowest BCUT2D eigenvalue weighted by atomic mass is 10.1. The lowest BCUT2D eigenvalue weighted by Gasteiger charge is -2.11. The van der Waals surface area contributed by atoms with E-state index in [1.165, 1.54) is 27.8 Å². The molecule has 0 aliphatic rings. The first-order valence-electron chi connectivity index (χ1n) is 35.3. The van der Waals surface area contributed by atoms with Crippen LogP contribution in [0.25, 0.3) is 84.5 Å². The largest absolute Gasteiger partial charge is 0.350 e. The number of halogens is 1. The van der Waals surface area contributed by atoms with Crippen LogP contribution in [-0.4, -0.2) is 80.7 Å². The Bertz CT molecular complexity index is 6600. The summed E-state index contributed by atoms with van der Waals surface area (Å²) in [4.78, 5) is 37.4. The Morgan fingerprint density at radius 2 is 0.658 bits per heavy atom. The fourth-order valence-electron chi connectivity index (χ4n) is 12.3. The molecule has 20 rings (SSSR count). The predicted molar refractivity (Wildman–Crippen MR) is 457 cm³/mol. The molecule has 24 nitrogen and oxygen atoms in total. The van der Waals surface area contributed by atoms with Crippen molar-refractivity contribution in [1.29, 1.82) is 0 Å². The van der Waals surface area contributed by atoms with Crippen LogP contribution in [0.3, 0.4) is 0 Å². The van der Waals surface area contributed by atoms with Gasteiger partial charge in [-0.05, 0) is 172 Å². The van der Waals surface area contributed by atoms with Crippen molar-refractivity contribution >= 4 is 211 Å². The van der Waals surface area contributed by atoms with Crippen LogP contribution in [0.2, 0.25) is 5.02 Å². The third-order valence-electron chi connectivity index (χ3n) is 17.9. The summed E-state index contributed by atoms with van der Waals surface area (Å²) in [6, 6.07) is 67.0. The summed E-state index contributed by atoms with van der Waals surface area (Å²) in [7, 11) is 0. The number of aryl methyl sites for hydroxylation is 2. The van der Waals surface area contributed by atoms with Gasteiger partial charge in [0, 0.05) is 75.5 Å². The summed E-state index contributed by atoms with van der Waals surface area (Å²) in [6.07, 6.45) is 7.25. The van der Waals surface area contributed by atoms with Gasteiger partial charge in [0.1, 0.15) is 0 Å². The lowest BCUT2D eigenvalue weighted by molar-refractivity contribution is 1.06. The predicted octanol–water partition coefficient (Wildman–Crippen LogP) is 21.0. The highest BCUT2D eigenvalue weighted by atomic mass is 35.5. The highest BCUT2D eigenvalue weighted by molar-refractivity contribution is 7.18. The monoisotopic (exact) mass is 1550 g/mol. The van der Waals surface area contributed by atoms with Crippen molar-refractivity contribution in [2.24, 2.45) is 0 Å². The van der Waals surface area contributed by atoms with Crippen LogP contribution >= 0.6 is 56.9 Å². The maximum atomic E-state index is 5.95. The normalized spacial score (nSPS) is 11.2. The van der Waals surface area contributed by atoms with Crippen LogP contribution in [0.4, 0.5) is 69.8 Å². The Morgan fingerprint density at radius 3 is 1.04 bits per heavy atom. The molecular weight excluding hydrogens is 1480 g/mol. The summed E-state index contributed by atoms with van der Waals surface area (Å²) in [5.74, 6) is 5.59. The molecule has 111 heavy (non-hydrogen) atoms. The smallest absolute Gasteiger partial charge is 0.225 e. The Morgan fingerprint density at radius 1 is 0.315 bits per heavy atom. The Kier molecular flexibility index (Phi) is 20.6. The molecule has 12 aromatic heterocycles. The van der Waals surface area contributed by atoms with E-state index in [1.54, 1.807) is 51.5 Å². The standard InChI is InChI=1S/2C21H18N6S.C20H15ClN6S.C20H16N6S/c1-13-3-2-4-14(9-13)11-22-21-25-18-7-8-28-19(18)20(26-21)24-16-5-6-17-15(10-16)12-23-27-17;1-13-4-2-3-5-14(13)11-22-21-25-18-8-9-28-19(18)20(26-21)24-16-6-7-17-15(10-16)12-23-27-17;21-14-3-1-12(2-4-14)10-22-20-25-17-7-8-28-18(17)19(26-20)24-15-5-6-16-13(9-15)11-23-27-16;1-2-4-13(5-3-1)11-21-20-24-17-8-9-27-18(17)19(25-20)23-15-6-7-16-14(10-15)12-22-26-16/h2*2-10,12H,11H2,1H3,(H,23,27)(H2,22,24,25,26);1-9,11H,10H2,(H,23,27)(H2,22,24,25,26);1-10,12H,11H2,(H,22,26)(H2,21,23,24,25). The number of anilines is 12. The number of benzene rings is 8. The number of H-pyrrole nitrogens is 4.